The fraction of sp³-hybridized carbons (Fsp3) is 0.917. The van der Waals surface area contributed by atoms with Crippen LogP contribution < -0.4 is 5.32 Å². The summed E-state index contributed by atoms with van der Waals surface area (Å²) in [6.45, 7) is 7.93. The molecule has 2 fully saturated rings. The summed E-state index contributed by atoms with van der Waals surface area (Å²) < 4.78 is 0. The molecule has 0 atom stereocenters. The van der Waals surface area contributed by atoms with Crippen LogP contribution in [0, 0.1) is 10.8 Å². The van der Waals surface area contributed by atoms with Gasteiger partial charge in [-0.05, 0) is 32.1 Å². The molecule has 1 N–H and O–H groups in total. The van der Waals surface area contributed by atoms with E-state index in [0.29, 0.717) is 11.3 Å². The monoisotopic (exact) mass is 244 g/mol. The van der Waals surface area contributed by atoms with Crippen LogP contribution in [0.4, 0.5) is 0 Å². The minimum atomic E-state index is -0.413. The zero-order valence-electron chi connectivity index (χ0n) is 10.2. The number of nitrogens with zero attached hydrogens (tertiary/aromatic N) is 1. The molecule has 92 valence electrons. The van der Waals surface area contributed by atoms with E-state index in [2.05, 4.69) is 5.32 Å². The number of halogens is 1. The number of amides is 1. The van der Waals surface area contributed by atoms with Gasteiger partial charge in [-0.1, -0.05) is 0 Å². The van der Waals surface area contributed by atoms with Crippen molar-refractivity contribution in [1.82, 2.24) is 10.2 Å². The Kier molecular flexibility index (Phi) is 3.19. The first-order valence-electron chi connectivity index (χ1n) is 6.05. The molecule has 2 rings (SSSR count). The average molecular weight is 245 g/mol. The van der Waals surface area contributed by atoms with Crippen LogP contribution in [-0.4, -0.2) is 42.9 Å². The van der Waals surface area contributed by atoms with Crippen molar-refractivity contribution in [2.24, 2.45) is 10.8 Å². The summed E-state index contributed by atoms with van der Waals surface area (Å²) in [6, 6.07) is 0. The number of alkyl halides is 1. The predicted octanol–water partition coefficient (Wildman–Crippen LogP) is 1.46. The zero-order chi connectivity index (χ0) is 11.8. The van der Waals surface area contributed by atoms with Crippen molar-refractivity contribution < 1.29 is 4.79 Å². The molecule has 0 bridgehead atoms. The zero-order valence-corrected chi connectivity index (χ0v) is 10.9. The Morgan fingerprint density at radius 2 is 1.94 bits per heavy atom. The highest BCUT2D eigenvalue weighted by Gasteiger charge is 2.42. The van der Waals surface area contributed by atoms with Gasteiger partial charge in [0.2, 0.25) is 5.91 Å². The number of likely N-dealkylation sites (tertiary alicyclic amines) is 1. The molecule has 4 heteroatoms. The second-order valence-corrected chi connectivity index (χ2v) is 6.18. The molecule has 0 unspecified atom stereocenters. The second kappa shape index (κ2) is 4.19. The number of carbonyl (C=O) groups is 1. The summed E-state index contributed by atoms with van der Waals surface area (Å²) in [4.78, 5) is 14.2. The molecule has 16 heavy (non-hydrogen) atoms. The Hall–Kier alpha value is -0.280. The van der Waals surface area contributed by atoms with E-state index >= 15 is 0 Å². The molecule has 2 saturated heterocycles. The number of piperidine rings is 1. The lowest BCUT2D eigenvalue weighted by Crippen LogP contribution is -2.59. The van der Waals surface area contributed by atoms with Gasteiger partial charge in [0.25, 0.3) is 0 Å². The number of carbonyl (C=O) groups excluding carboxylic acids is 1. The molecular formula is C12H21ClN2O. The lowest BCUT2D eigenvalue weighted by Gasteiger charge is -2.49. The molecule has 0 radical (unpaired) electrons. The minimum absolute atomic E-state index is 0.213. The van der Waals surface area contributed by atoms with Gasteiger partial charge in [-0.15, -0.1) is 11.6 Å². The third kappa shape index (κ3) is 2.07. The highest BCUT2D eigenvalue weighted by Crippen LogP contribution is 2.36. The van der Waals surface area contributed by atoms with E-state index in [0.717, 1.165) is 39.0 Å². The third-order valence-corrected chi connectivity index (χ3v) is 4.69. The summed E-state index contributed by atoms with van der Waals surface area (Å²) in [7, 11) is 0. The Balaban J connectivity index is 1.91. The van der Waals surface area contributed by atoms with Crippen LogP contribution in [0.5, 0.6) is 0 Å². The van der Waals surface area contributed by atoms with E-state index in [1.165, 1.54) is 0 Å². The normalized spacial score (nSPS) is 24.3. The fourth-order valence-corrected chi connectivity index (χ4v) is 2.62. The van der Waals surface area contributed by atoms with Crippen molar-refractivity contribution >= 4 is 17.5 Å². The predicted molar refractivity (Wildman–Crippen MR) is 65.6 cm³/mol. The van der Waals surface area contributed by atoms with Crippen molar-refractivity contribution in [3.63, 3.8) is 0 Å². The van der Waals surface area contributed by atoms with Crippen LogP contribution in [-0.2, 0) is 4.79 Å². The summed E-state index contributed by atoms with van der Waals surface area (Å²) in [5, 5.41) is 3.33. The quantitative estimate of drug-likeness (QED) is 0.746. The van der Waals surface area contributed by atoms with E-state index in [9.17, 15) is 4.79 Å². The van der Waals surface area contributed by atoms with Crippen LogP contribution >= 0.6 is 11.6 Å². The Bertz CT molecular complexity index is 277. The number of nitrogens with one attached hydrogen (secondary N) is 1. The molecule has 0 saturated carbocycles. The van der Waals surface area contributed by atoms with E-state index in [1.54, 1.807) is 0 Å². The Labute approximate surface area is 103 Å². The van der Waals surface area contributed by atoms with Gasteiger partial charge in [-0.2, -0.15) is 0 Å². The van der Waals surface area contributed by atoms with E-state index in [1.807, 2.05) is 18.7 Å². The highest BCUT2D eigenvalue weighted by atomic mass is 35.5. The summed E-state index contributed by atoms with van der Waals surface area (Å²) in [5.41, 5.74) is 0.0891. The summed E-state index contributed by atoms with van der Waals surface area (Å²) in [5.74, 6) is 0.610. The largest absolute Gasteiger partial charge is 0.342 e. The molecule has 0 aliphatic carbocycles. The second-order valence-electron chi connectivity index (χ2n) is 5.91. The lowest BCUT2D eigenvalue weighted by molar-refractivity contribution is -0.142. The van der Waals surface area contributed by atoms with Crippen LogP contribution in [0.15, 0.2) is 0 Å². The lowest BCUT2D eigenvalue weighted by atomic mass is 9.73. The maximum Gasteiger partial charge on any atom is 0.229 e. The first-order chi connectivity index (χ1) is 7.49. The van der Waals surface area contributed by atoms with E-state index in [-0.39, 0.29) is 5.91 Å². The van der Waals surface area contributed by atoms with Crippen molar-refractivity contribution in [3.8, 4) is 0 Å². The molecule has 2 heterocycles. The summed E-state index contributed by atoms with van der Waals surface area (Å²) >= 11 is 5.84. The maximum atomic E-state index is 12.2. The van der Waals surface area contributed by atoms with Gasteiger partial charge in [-0.25, -0.2) is 0 Å². The molecular weight excluding hydrogens is 224 g/mol. The molecule has 1 amide bonds. The molecule has 0 aromatic carbocycles. The number of hydrogen-bond donors (Lipinski definition) is 1. The first kappa shape index (κ1) is 12.2. The van der Waals surface area contributed by atoms with Gasteiger partial charge in [0, 0.05) is 32.1 Å². The van der Waals surface area contributed by atoms with Crippen LogP contribution in [0.1, 0.15) is 26.7 Å². The van der Waals surface area contributed by atoms with Crippen LogP contribution in [0.25, 0.3) is 0 Å². The van der Waals surface area contributed by atoms with Crippen molar-refractivity contribution in [2.45, 2.75) is 26.7 Å². The molecule has 2 aliphatic heterocycles. The fourth-order valence-electron chi connectivity index (χ4n) is 2.50. The van der Waals surface area contributed by atoms with Gasteiger partial charge in [0.05, 0.1) is 5.41 Å². The van der Waals surface area contributed by atoms with Gasteiger partial charge in [0.15, 0.2) is 0 Å². The smallest absolute Gasteiger partial charge is 0.229 e. The number of rotatable bonds is 2. The van der Waals surface area contributed by atoms with Crippen molar-refractivity contribution in [2.75, 3.05) is 32.1 Å². The van der Waals surface area contributed by atoms with Gasteiger partial charge in [0.1, 0.15) is 0 Å². The van der Waals surface area contributed by atoms with Crippen molar-refractivity contribution in [1.29, 1.82) is 0 Å². The molecule has 2 aliphatic rings. The molecule has 0 aromatic heterocycles. The Morgan fingerprint density at radius 1 is 1.38 bits per heavy atom. The van der Waals surface area contributed by atoms with Gasteiger partial charge in [-0.3, -0.25) is 4.79 Å². The van der Waals surface area contributed by atoms with E-state index in [4.69, 9.17) is 11.6 Å². The summed E-state index contributed by atoms with van der Waals surface area (Å²) in [6.07, 6.45) is 2.29. The molecule has 1 spiro atoms. The van der Waals surface area contributed by atoms with Gasteiger partial charge >= 0.3 is 0 Å². The first-order valence-corrected chi connectivity index (χ1v) is 6.59. The Morgan fingerprint density at radius 3 is 2.31 bits per heavy atom. The third-order valence-electron chi connectivity index (χ3n) is 4.02. The van der Waals surface area contributed by atoms with Crippen LogP contribution in [0.2, 0.25) is 0 Å². The minimum Gasteiger partial charge on any atom is -0.342 e. The highest BCUT2D eigenvalue weighted by molar-refractivity contribution is 6.19. The molecule has 0 aromatic rings. The number of hydrogen-bond acceptors (Lipinski definition) is 2. The topological polar surface area (TPSA) is 32.3 Å². The van der Waals surface area contributed by atoms with Crippen LogP contribution in [0.3, 0.4) is 0 Å². The standard InChI is InChI=1S/C12H21ClN2O/c1-11(2,7-13)10(16)15-5-3-12(4-6-15)8-14-9-12/h14H,3-9H2,1-2H3. The maximum absolute atomic E-state index is 12.2. The van der Waals surface area contributed by atoms with E-state index < -0.39 is 5.41 Å². The van der Waals surface area contributed by atoms with Gasteiger partial charge < -0.3 is 10.2 Å². The molecule has 3 nitrogen and oxygen atoms in total. The SMILES string of the molecule is CC(C)(CCl)C(=O)N1CCC2(CC1)CNC2. The average Bonchev–Trinajstić information content (AvgIpc) is 2.26. The van der Waals surface area contributed by atoms with Crippen molar-refractivity contribution in [3.05, 3.63) is 0 Å².